The van der Waals surface area contributed by atoms with Crippen LogP contribution in [0.25, 0.3) is 11.1 Å². The number of Topliss-reactive ketones (excluding diaryl/α,β-unsaturated/α-hetero) is 1. The van der Waals surface area contributed by atoms with E-state index in [1.165, 1.54) is 6.07 Å². The van der Waals surface area contributed by atoms with E-state index < -0.39 is 0 Å². The van der Waals surface area contributed by atoms with Crippen LogP contribution in [0, 0.1) is 17.7 Å². The first-order chi connectivity index (χ1) is 18.3. The highest BCUT2D eigenvalue weighted by Crippen LogP contribution is 2.49. The Morgan fingerprint density at radius 2 is 2.11 bits per heavy atom. The second-order valence-electron chi connectivity index (χ2n) is 11.1. The number of ether oxygens (including phenoxy) is 1. The quantitative estimate of drug-likeness (QED) is 0.317. The summed E-state index contributed by atoms with van der Waals surface area (Å²) < 4.78 is 20.7. The van der Waals surface area contributed by atoms with E-state index in [-0.39, 0.29) is 23.7 Å². The largest absolute Gasteiger partial charge is 0.423 e. The number of hydrogen-bond donors (Lipinski definition) is 2. The van der Waals surface area contributed by atoms with Crippen molar-refractivity contribution in [3.8, 4) is 22.9 Å². The number of nitrogens with zero attached hydrogens (tertiary/aromatic N) is 4. The zero-order chi connectivity index (χ0) is 26.6. The minimum absolute atomic E-state index is 0.0222. The maximum absolute atomic E-state index is 14.6. The average molecular weight is 517 g/mol. The highest BCUT2D eigenvalue weighted by Gasteiger charge is 2.45. The van der Waals surface area contributed by atoms with Crippen LogP contribution in [0.15, 0.2) is 30.5 Å². The van der Waals surface area contributed by atoms with Crippen LogP contribution in [0.1, 0.15) is 61.3 Å². The second-order valence-corrected chi connectivity index (χ2v) is 11.1. The summed E-state index contributed by atoms with van der Waals surface area (Å²) in [6.45, 7) is 5.00. The summed E-state index contributed by atoms with van der Waals surface area (Å²) in [6.07, 6.45) is 5.33. The van der Waals surface area contributed by atoms with Crippen molar-refractivity contribution in [2.75, 3.05) is 23.8 Å². The number of nitrogens with two attached hydrogens (primary N) is 1. The molecular formula is C29H33FN6O2. The Hall–Kier alpha value is -3.59. The molecule has 1 aromatic carbocycles. The Morgan fingerprint density at radius 1 is 1.26 bits per heavy atom. The Labute approximate surface area is 221 Å². The van der Waals surface area contributed by atoms with E-state index in [0.717, 1.165) is 59.7 Å². The van der Waals surface area contributed by atoms with Crippen LogP contribution >= 0.6 is 0 Å². The smallest absolute Gasteiger partial charge is 0.324 e. The van der Waals surface area contributed by atoms with Crippen molar-refractivity contribution in [2.45, 2.75) is 58.0 Å². The van der Waals surface area contributed by atoms with Gasteiger partial charge >= 0.3 is 6.01 Å². The molecule has 2 aliphatic carbocycles. The number of halogens is 1. The molecule has 3 heterocycles. The standard InChI is InChI=1S/C29H33FN6O2/c1-15(2)4-7-26(37)23-6-5-19(13-33-23)38-29-34-25-12-20-21(9-17(30)10-24(20)32-3)27(25)28(35-29)36-14-16-8-18(36)11-22(16)31/h5-6,9-10,13,15-16,18,22,32H,4,7-8,11-12,14,31H2,1-3H3/t16?,18?,22-/m0/s1. The molecule has 0 spiro atoms. The SMILES string of the molecule is CNc1cc(F)cc2c1Cc1nc(Oc3ccc(C(=O)CCC(C)C)nc3)nc(N3CC4CC3C[C@@H]4N)c1-2. The van der Waals surface area contributed by atoms with Crippen LogP contribution in [0.5, 0.6) is 11.8 Å². The summed E-state index contributed by atoms with van der Waals surface area (Å²) in [5.41, 5.74) is 11.0. The summed E-state index contributed by atoms with van der Waals surface area (Å²) in [4.78, 5) is 28.7. The number of benzene rings is 1. The molecule has 3 aromatic rings. The monoisotopic (exact) mass is 516 g/mol. The maximum atomic E-state index is 14.6. The van der Waals surface area contributed by atoms with Crippen molar-refractivity contribution in [3.63, 3.8) is 0 Å². The molecule has 0 radical (unpaired) electrons. The van der Waals surface area contributed by atoms with Gasteiger partial charge in [-0.05, 0) is 66.5 Å². The fourth-order valence-corrected chi connectivity index (χ4v) is 6.08. The molecule has 8 nitrogen and oxygen atoms in total. The van der Waals surface area contributed by atoms with Crippen LogP contribution in [0.4, 0.5) is 15.9 Å². The summed E-state index contributed by atoms with van der Waals surface area (Å²) in [7, 11) is 1.80. The van der Waals surface area contributed by atoms with Gasteiger partial charge in [0, 0.05) is 49.8 Å². The van der Waals surface area contributed by atoms with Crippen molar-refractivity contribution >= 4 is 17.3 Å². The molecule has 2 bridgehead atoms. The zero-order valence-electron chi connectivity index (χ0n) is 22.0. The van der Waals surface area contributed by atoms with E-state index in [4.69, 9.17) is 20.4 Å². The van der Waals surface area contributed by atoms with Gasteiger partial charge in [0.25, 0.3) is 0 Å². The molecule has 2 aromatic heterocycles. The summed E-state index contributed by atoms with van der Waals surface area (Å²) in [5.74, 6) is 1.82. The highest BCUT2D eigenvalue weighted by atomic mass is 19.1. The number of anilines is 2. The Bertz CT molecular complexity index is 1390. The fraction of sp³-hybridized carbons (Fsp3) is 0.448. The van der Waals surface area contributed by atoms with Crippen LogP contribution in [-0.4, -0.2) is 46.4 Å². The van der Waals surface area contributed by atoms with Gasteiger partial charge in [0.1, 0.15) is 23.1 Å². The Morgan fingerprint density at radius 3 is 2.76 bits per heavy atom. The normalized spacial score (nSPS) is 21.1. The molecular weight excluding hydrogens is 483 g/mol. The molecule has 3 aliphatic rings. The van der Waals surface area contributed by atoms with Crippen LogP contribution in [0.3, 0.4) is 0 Å². The molecule has 38 heavy (non-hydrogen) atoms. The molecule has 2 unspecified atom stereocenters. The lowest BCUT2D eigenvalue weighted by molar-refractivity contribution is 0.0970. The van der Waals surface area contributed by atoms with E-state index >= 15 is 0 Å². The maximum Gasteiger partial charge on any atom is 0.324 e. The first kappa shape index (κ1) is 24.7. The Balaban J connectivity index is 1.34. The zero-order valence-corrected chi connectivity index (χ0v) is 22.0. The molecule has 2 fully saturated rings. The van der Waals surface area contributed by atoms with Gasteiger partial charge in [-0.2, -0.15) is 9.97 Å². The number of hydrogen-bond acceptors (Lipinski definition) is 8. The van der Waals surface area contributed by atoms with Crippen molar-refractivity contribution in [1.29, 1.82) is 0 Å². The molecule has 6 rings (SSSR count). The highest BCUT2D eigenvalue weighted by molar-refractivity contribution is 5.94. The molecule has 1 saturated carbocycles. The van der Waals surface area contributed by atoms with Gasteiger partial charge in [-0.15, -0.1) is 0 Å². The van der Waals surface area contributed by atoms with E-state index in [0.29, 0.717) is 42.2 Å². The molecule has 1 saturated heterocycles. The second kappa shape index (κ2) is 9.62. The van der Waals surface area contributed by atoms with Gasteiger partial charge in [0.05, 0.1) is 11.9 Å². The van der Waals surface area contributed by atoms with Crippen LogP contribution in [0.2, 0.25) is 0 Å². The molecule has 198 valence electrons. The summed E-state index contributed by atoms with van der Waals surface area (Å²) in [6, 6.07) is 7.22. The fourth-order valence-electron chi connectivity index (χ4n) is 6.08. The molecule has 0 amide bonds. The van der Waals surface area contributed by atoms with Crippen molar-refractivity contribution < 1.29 is 13.9 Å². The molecule has 3 N–H and O–H groups in total. The number of ketones is 1. The van der Waals surface area contributed by atoms with Crippen molar-refractivity contribution in [3.05, 3.63) is 53.2 Å². The van der Waals surface area contributed by atoms with Gasteiger partial charge in [-0.3, -0.25) is 4.79 Å². The third-order valence-electron chi connectivity index (χ3n) is 8.09. The first-order valence-electron chi connectivity index (χ1n) is 13.4. The van der Waals surface area contributed by atoms with Gasteiger partial charge in [0.2, 0.25) is 0 Å². The van der Waals surface area contributed by atoms with E-state index in [1.807, 2.05) is 0 Å². The number of nitrogens with one attached hydrogen (secondary N) is 1. The van der Waals surface area contributed by atoms with Gasteiger partial charge in [0.15, 0.2) is 5.78 Å². The molecule has 9 heteroatoms. The average Bonchev–Trinajstić information content (AvgIpc) is 3.58. The summed E-state index contributed by atoms with van der Waals surface area (Å²) in [5, 5.41) is 3.12. The van der Waals surface area contributed by atoms with E-state index in [9.17, 15) is 9.18 Å². The number of fused-ring (bicyclic) bond motifs is 5. The lowest BCUT2D eigenvalue weighted by Gasteiger charge is -2.32. The number of rotatable bonds is 8. The first-order valence-corrected chi connectivity index (χ1v) is 13.4. The number of carbonyl (C=O) groups excluding carboxylic acids is 1. The topological polar surface area (TPSA) is 106 Å². The van der Waals surface area contributed by atoms with Crippen molar-refractivity contribution in [1.82, 2.24) is 15.0 Å². The number of piperidine rings is 1. The third kappa shape index (κ3) is 4.38. The van der Waals surface area contributed by atoms with E-state index in [2.05, 4.69) is 29.0 Å². The third-order valence-corrected chi connectivity index (χ3v) is 8.09. The van der Waals surface area contributed by atoms with E-state index in [1.54, 1.807) is 31.4 Å². The summed E-state index contributed by atoms with van der Waals surface area (Å²) >= 11 is 0. The minimum atomic E-state index is -0.300. The van der Waals surface area contributed by atoms with Gasteiger partial charge in [-0.25, -0.2) is 9.37 Å². The predicted octanol–water partition coefficient (Wildman–Crippen LogP) is 4.96. The van der Waals surface area contributed by atoms with Gasteiger partial charge < -0.3 is 20.7 Å². The number of pyridine rings is 1. The number of carbonyl (C=O) groups is 1. The molecule has 3 atom stereocenters. The van der Waals surface area contributed by atoms with Gasteiger partial charge in [-0.1, -0.05) is 13.8 Å². The lowest BCUT2D eigenvalue weighted by Crippen LogP contribution is -2.41. The van der Waals surface area contributed by atoms with Crippen molar-refractivity contribution in [2.24, 2.45) is 17.6 Å². The Kier molecular flexibility index (Phi) is 6.26. The van der Waals surface area contributed by atoms with Crippen LogP contribution < -0.4 is 20.7 Å². The minimum Gasteiger partial charge on any atom is -0.423 e. The molecule has 1 aliphatic heterocycles. The van der Waals surface area contributed by atoms with Crippen LogP contribution in [-0.2, 0) is 6.42 Å². The predicted molar refractivity (Wildman–Crippen MR) is 144 cm³/mol. The lowest BCUT2D eigenvalue weighted by atomic mass is 10.0. The number of aromatic nitrogens is 3.